The van der Waals surface area contributed by atoms with Crippen molar-refractivity contribution in [1.29, 1.82) is 0 Å². The monoisotopic (exact) mass is 392 g/mol. The van der Waals surface area contributed by atoms with E-state index in [9.17, 15) is 13.2 Å². The van der Waals surface area contributed by atoms with Gasteiger partial charge >= 0.3 is 0 Å². The van der Waals surface area contributed by atoms with E-state index < -0.39 is 16.1 Å². The molecule has 134 valence electrons. The van der Waals surface area contributed by atoms with Gasteiger partial charge in [0.2, 0.25) is 15.9 Å². The van der Waals surface area contributed by atoms with Gasteiger partial charge in [-0.3, -0.25) is 4.79 Å². The maximum atomic E-state index is 12.7. The van der Waals surface area contributed by atoms with Crippen LogP contribution in [0.2, 0.25) is 10.0 Å². The Morgan fingerprint density at radius 2 is 1.71 bits per heavy atom. The number of nitrogens with one attached hydrogen (secondary N) is 2. The minimum atomic E-state index is -4.03. The van der Waals surface area contributed by atoms with Gasteiger partial charge in [0, 0.05) is 6.04 Å². The van der Waals surface area contributed by atoms with Gasteiger partial charge in [-0.2, -0.15) is 4.72 Å². The number of carbonyl (C=O) groups is 1. The van der Waals surface area contributed by atoms with Crippen LogP contribution in [0.3, 0.4) is 0 Å². The van der Waals surface area contributed by atoms with Gasteiger partial charge in [-0.05, 0) is 43.7 Å². The van der Waals surface area contributed by atoms with E-state index in [1.807, 2.05) is 6.92 Å². The molecule has 0 unspecified atom stereocenters. The highest BCUT2D eigenvalue weighted by Gasteiger charge is 2.34. The van der Waals surface area contributed by atoms with E-state index in [2.05, 4.69) is 10.0 Å². The third kappa shape index (κ3) is 4.63. The molecule has 0 bridgehead atoms. The van der Waals surface area contributed by atoms with Crippen LogP contribution in [-0.2, 0) is 14.8 Å². The lowest BCUT2D eigenvalue weighted by Crippen LogP contribution is -2.51. The first-order valence-electron chi connectivity index (χ1n) is 7.90. The number of hydrogen-bond acceptors (Lipinski definition) is 3. The van der Waals surface area contributed by atoms with Crippen LogP contribution in [0.1, 0.15) is 33.6 Å². The average Bonchev–Trinajstić information content (AvgIpc) is 3.28. The average molecular weight is 393 g/mol. The van der Waals surface area contributed by atoms with E-state index in [0.29, 0.717) is 5.92 Å². The molecule has 2 N–H and O–H groups in total. The van der Waals surface area contributed by atoms with Crippen LogP contribution < -0.4 is 10.0 Å². The maximum Gasteiger partial charge on any atom is 0.244 e. The van der Waals surface area contributed by atoms with Crippen molar-refractivity contribution in [3.63, 3.8) is 0 Å². The van der Waals surface area contributed by atoms with Crippen LogP contribution in [0.25, 0.3) is 0 Å². The Morgan fingerprint density at radius 1 is 1.17 bits per heavy atom. The van der Waals surface area contributed by atoms with E-state index in [0.717, 1.165) is 12.8 Å². The van der Waals surface area contributed by atoms with Crippen molar-refractivity contribution in [1.82, 2.24) is 10.0 Å². The standard InChI is InChI=1S/C16H22Cl2N2O3S/c1-9(2)14(16(21)19-10(3)11-7-8-11)20-24(22,23)15-12(17)5-4-6-13(15)18/h4-6,9-11,14,20H,7-8H2,1-3H3,(H,19,21)/t10-,14+/m1/s1. The molecule has 2 rings (SSSR count). The smallest absolute Gasteiger partial charge is 0.244 e. The maximum absolute atomic E-state index is 12.7. The Balaban J connectivity index is 2.21. The van der Waals surface area contributed by atoms with Gasteiger partial charge in [-0.1, -0.05) is 43.1 Å². The first-order chi connectivity index (χ1) is 11.1. The Kier molecular flexibility index (Phi) is 6.18. The van der Waals surface area contributed by atoms with Gasteiger partial charge in [0.05, 0.1) is 10.0 Å². The second-order valence-corrected chi connectivity index (χ2v) is 8.99. The summed E-state index contributed by atoms with van der Waals surface area (Å²) in [5, 5.41) is 2.93. The highest BCUT2D eigenvalue weighted by atomic mass is 35.5. The van der Waals surface area contributed by atoms with Gasteiger partial charge in [0.25, 0.3) is 0 Å². The summed E-state index contributed by atoms with van der Waals surface area (Å²) in [6.45, 7) is 5.50. The van der Waals surface area contributed by atoms with Crippen LogP contribution in [0, 0.1) is 11.8 Å². The van der Waals surface area contributed by atoms with Crippen LogP contribution in [0.5, 0.6) is 0 Å². The van der Waals surface area contributed by atoms with Crippen LogP contribution in [-0.4, -0.2) is 26.4 Å². The lowest BCUT2D eigenvalue weighted by molar-refractivity contribution is -0.124. The third-order valence-corrected chi connectivity index (χ3v) is 6.51. The second kappa shape index (κ2) is 7.60. The highest BCUT2D eigenvalue weighted by Crippen LogP contribution is 2.32. The first-order valence-corrected chi connectivity index (χ1v) is 10.1. The molecule has 0 heterocycles. The molecule has 1 aliphatic carbocycles. The van der Waals surface area contributed by atoms with E-state index in [-0.39, 0.29) is 32.8 Å². The molecule has 0 saturated heterocycles. The van der Waals surface area contributed by atoms with Gasteiger partial charge < -0.3 is 5.32 Å². The zero-order valence-electron chi connectivity index (χ0n) is 13.8. The van der Waals surface area contributed by atoms with E-state index >= 15 is 0 Å². The Bertz CT molecular complexity index is 698. The molecule has 24 heavy (non-hydrogen) atoms. The summed E-state index contributed by atoms with van der Waals surface area (Å²) in [4.78, 5) is 12.3. The molecule has 0 radical (unpaired) electrons. The molecule has 0 aromatic heterocycles. The summed E-state index contributed by atoms with van der Waals surface area (Å²) in [6, 6.07) is 3.59. The molecule has 1 amide bonds. The van der Waals surface area contributed by atoms with Crippen molar-refractivity contribution in [3.05, 3.63) is 28.2 Å². The SMILES string of the molecule is CC(C)[C@H](NS(=O)(=O)c1c(Cl)cccc1Cl)C(=O)N[C@H](C)C1CC1. The molecular formula is C16H22Cl2N2O3S. The predicted molar refractivity (Wildman–Crippen MR) is 95.7 cm³/mol. The fourth-order valence-corrected chi connectivity index (χ4v) is 4.97. The van der Waals surface area contributed by atoms with Crippen molar-refractivity contribution < 1.29 is 13.2 Å². The van der Waals surface area contributed by atoms with Crippen molar-refractivity contribution >= 4 is 39.1 Å². The van der Waals surface area contributed by atoms with E-state index in [1.165, 1.54) is 12.1 Å². The quantitative estimate of drug-likeness (QED) is 0.747. The molecule has 1 aromatic rings. The lowest BCUT2D eigenvalue weighted by Gasteiger charge is -2.24. The van der Waals surface area contributed by atoms with Crippen molar-refractivity contribution in [2.24, 2.45) is 11.8 Å². The van der Waals surface area contributed by atoms with Crippen molar-refractivity contribution in [3.8, 4) is 0 Å². The third-order valence-electron chi connectivity index (χ3n) is 4.12. The number of hydrogen-bond donors (Lipinski definition) is 2. The molecule has 5 nitrogen and oxygen atoms in total. The Hall–Kier alpha value is -0.820. The summed E-state index contributed by atoms with van der Waals surface area (Å²) in [6.07, 6.45) is 2.18. The zero-order valence-corrected chi connectivity index (χ0v) is 16.2. The zero-order chi connectivity index (χ0) is 18.1. The minimum Gasteiger partial charge on any atom is -0.352 e. The molecule has 1 aliphatic rings. The van der Waals surface area contributed by atoms with Crippen LogP contribution in [0.15, 0.2) is 23.1 Å². The number of sulfonamides is 1. The summed E-state index contributed by atoms with van der Waals surface area (Å²) < 4.78 is 27.8. The second-order valence-electron chi connectivity index (χ2n) is 6.53. The van der Waals surface area contributed by atoms with E-state index in [1.54, 1.807) is 19.9 Å². The van der Waals surface area contributed by atoms with Crippen molar-refractivity contribution in [2.75, 3.05) is 0 Å². The van der Waals surface area contributed by atoms with Gasteiger partial charge in [0.15, 0.2) is 0 Å². The minimum absolute atomic E-state index is 0.0178. The molecule has 0 aliphatic heterocycles. The summed E-state index contributed by atoms with van der Waals surface area (Å²) in [7, 11) is -4.03. The lowest BCUT2D eigenvalue weighted by atomic mass is 10.0. The highest BCUT2D eigenvalue weighted by molar-refractivity contribution is 7.89. The largest absolute Gasteiger partial charge is 0.352 e. The molecule has 8 heteroatoms. The normalized spacial score (nSPS) is 17.6. The summed E-state index contributed by atoms with van der Waals surface area (Å²) in [5.41, 5.74) is 0. The molecule has 0 spiro atoms. The number of benzene rings is 1. The fraction of sp³-hybridized carbons (Fsp3) is 0.562. The molecular weight excluding hydrogens is 371 g/mol. The topological polar surface area (TPSA) is 75.3 Å². The molecule has 1 fully saturated rings. The fourth-order valence-electron chi connectivity index (χ4n) is 2.49. The molecule has 1 aromatic carbocycles. The molecule has 1 saturated carbocycles. The van der Waals surface area contributed by atoms with Gasteiger partial charge in [-0.25, -0.2) is 8.42 Å². The van der Waals surface area contributed by atoms with E-state index in [4.69, 9.17) is 23.2 Å². The predicted octanol–water partition coefficient (Wildman–Crippen LogP) is 3.21. The molecule has 2 atom stereocenters. The summed E-state index contributed by atoms with van der Waals surface area (Å²) >= 11 is 12.0. The Morgan fingerprint density at radius 3 is 2.17 bits per heavy atom. The number of amides is 1. The first kappa shape index (κ1) is 19.5. The Labute approximate surface area is 153 Å². The summed E-state index contributed by atoms with van der Waals surface area (Å²) in [5.74, 6) is -0.0834. The van der Waals surface area contributed by atoms with Crippen LogP contribution in [0.4, 0.5) is 0 Å². The number of rotatable bonds is 7. The van der Waals surface area contributed by atoms with Crippen molar-refractivity contribution in [2.45, 2.75) is 50.6 Å². The number of carbonyl (C=O) groups excluding carboxylic acids is 1. The van der Waals surface area contributed by atoms with Gasteiger partial charge in [-0.15, -0.1) is 0 Å². The van der Waals surface area contributed by atoms with Gasteiger partial charge in [0.1, 0.15) is 10.9 Å². The number of halogens is 2. The van der Waals surface area contributed by atoms with Crippen LogP contribution >= 0.6 is 23.2 Å².